The number of hydrogen-bond donors (Lipinski definition) is 4. The molecule has 1 heterocycles. The van der Waals surface area contributed by atoms with Gasteiger partial charge in [-0.1, -0.05) is 36.4 Å². The van der Waals surface area contributed by atoms with Crippen LogP contribution in [0, 0.1) is 6.92 Å². The number of aliphatic hydroxyl groups excluding tert-OH is 1. The molecule has 0 saturated carbocycles. The number of hydrogen-bond acceptors (Lipinski definition) is 6. The van der Waals surface area contributed by atoms with E-state index in [1.165, 1.54) is 7.11 Å². The predicted octanol–water partition coefficient (Wildman–Crippen LogP) is 2.18. The Morgan fingerprint density at radius 1 is 1.32 bits per heavy atom. The van der Waals surface area contributed by atoms with Gasteiger partial charge in [0.1, 0.15) is 6.61 Å². The Kier molecular flexibility index (Phi) is 6.38. The number of aromatic hydroxyl groups is 1. The van der Waals surface area contributed by atoms with Crippen molar-refractivity contribution in [3.05, 3.63) is 58.7 Å². The fraction of sp³-hybridized carbons (Fsp3) is 0.381. The molecule has 2 aromatic carbocycles. The van der Waals surface area contributed by atoms with Crippen LogP contribution in [0.3, 0.4) is 0 Å². The lowest BCUT2D eigenvalue weighted by Gasteiger charge is -2.33. The number of aryl methyl sites for hydroxylation is 1. The third-order valence-corrected chi connectivity index (χ3v) is 4.90. The zero-order chi connectivity index (χ0) is 20.1. The molecule has 0 bridgehead atoms. The van der Waals surface area contributed by atoms with E-state index in [-0.39, 0.29) is 37.6 Å². The van der Waals surface area contributed by atoms with Gasteiger partial charge in [0, 0.05) is 18.2 Å². The van der Waals surface area contributed by atoms with Gasteiger partial charge < -0.3 is 30.3 Å². The zero-order valence-corrected chi connectivity index (χ0v) is 16.1. The molecule has 0 radical (unpaired) electrons. The normalized spacial score (nSPS) is 18.2. The van der Waals surface area contributed by atoms with Crippen molar-refractivity contribution in [2.24, 2.45) is 0 Å². The molecule has 0 aliphatic carbocycles. The summed E-state index contributed by atoms with van der Waals surface area (Å²) in [5.41, 5.74) is 3.33. The Labute approximate surface area is 164 Å². The Morgan fingerprint density at radius 3 is 2.75 bits per heavy atom. The van der Waals surface area contributed by atoms with E-state index in [2.05, 4.69) is 10.6 Å². The summed E-state index contributed by atoms with van der Waals surface area (Å²) in [6, 6.07) is 10.8. The Morgan fingerprint density at radius 2 is 2.07 bits per heavy atom. The van der Waals surface area contributed by atoms with Gasteiger partial charge in [-0.05, 0) is 30.0 Å². The molecule has 1 aliphatic heterocycles. The summed E-state index contributed by atoms with van der Waals surface area (Å²) >= 11 is 0. The Balaban J connectivity index is 1.70. The summed E-state index contributed by atoms with van der Waals surface area (Å²) in [6.45, 7) is 2.21. The molecule has 4 N–H and O–H groups in total. The van der Waals surface area contributed by atoms with E-state index < -0.39 is 6.09 Å². The largest absolute Gasteiger partial charge is 0.504 e. The monoisotopic (exact) mass is 386 g/mol. The molecule has 2 atom stereocenters. The molecule has 0 unspecified atom stereocenters. The first-order chi connectivity index (χ1) is 13.5. The van der Waals surface area contributed by atoms with Crippen molar-refractivity contribution in [1.29, 1.82) is 0 Å². The van der Waals surface area contributed by atoms with Crippen LogP contribution in [-0.2, 0) is 17.8 Å². The van der Waals surface area contributed by atoms with Gasteiger partial charge in [0.25, 0.3) is 0 Å². The van der Waals surface area contributed by atoms with Gasteiger partial charge in [0.05, 0.1) is 19.8 Å². The first-order valence-electron chi connectivity index (χ1n) is 9.24. The average molecular weight is 386 g/mol. The fourth-order valence-corrected chi connectivity index (χ4v) is 3.61. The van der Waals surface area contributed by atoms with Gasteiger partial charge in [-0.15, -0.1) is 0 Å². The maximum absolute atomic E-state index is 12.1. The van der Waals surface area contributed by atoms with Gasteiger partial charge in [0.2, 0.25) is 0 Å². The highest BCUT2D eigenvalue weighted by Crippen LogP contribution is 2.41. The molecule has 1 amide bonds. The number of alkyl carbamates (subject to hydrolysis) is 1. The van der Waals surface area contributed by atoms with Crippen molar-refractivity contribution in [3.8, 4) is 11.5 Å². The number of nitrogens with one attached hydrogen (secondary N) is 2. The molecule has 7 heteroatoms. The minimum atomic E-state index is -0.545. The molecule has 1 aliphatic rings. The number of amides is 1. The number of phenolic OH excluding ortho intramolecular Hbond substituents is 1. The molecule has 0 aromatic heterocycles. The summed E-state index contributed by atoms with van der Waals surface area (Å²) in [6.07, 6.45) is 0.0380. The van der Waals surface area contributed by atoms with E-state index in [9.17, 15) is 15.0 Å². The minimum Gasteiger partial charge on any atom is -0.504 e. The standard InChI is InChI=1S/C21H26N2O5/c1-13-8-15-9-16(11-24)23-17(18(15)19(25)20(13)27-2)10-22-21(26)28-12-14-6-4-3-5-7-14/h3-8,16-17,23-25H,9-12H2,1-2H3,(H,22,26)/t16-,17-/m0/s1. The zero-order valence-electron chi connectivity index (χ0n) is 16.1. The number of fused-ring (bicyclic) bond motifs is 1. The number of methoxy groups -OCH3 is 1. The molecule has 28 heavy (non-hydrogen) atoms. The number of benzene rings is 2. The van der Waals surface area contributed by atoms with Crippen molar-refractivity contribution >= 4 is 6.09 Å². The van der Waals surface area contributed by atoms with Crippen LogP contribution in [0.5, 0.6) is 11.5 Å². The molecular formula is C21H26N2O5. The summed E-state index contributed by atoms with van der Waals surface area (Å²) in [5, 5.41) is 26.3. The molecule has 2 aromatic rings. The maximum Gasteiger partial charge on any atom is 0.407 e. The second-order valence-corrected chi connectivity index (χ2v) is 6.89. The Hall–Kier alpha value is -2.77. The van der Waals surface area contributed by atoms with Crippen molar-refractivity contribution in [2.45, 2.75) is 32.0 Å². The van der Waals surface area contributed by atoms with Crippen molar-refractivity contribution < 1.29 is 24.5 Å². The SMILES string of the molecule is COc1c(C)cc2c(c1O)[C@H](CNC(=O)OCc1ccccc1)N[C@H](CO)C2. The third-order valence-electron chi connectivity index (χ3n) is 4.90. The molecule has 0 fully saturated rings. The Bertz CT molecular complexity index is 825. The molecular weight excluding hydrogens is 360 g/mol. The maximum atomic E-state index is 12.1. The van der Waals surface area contributed by atoms with Crippen LogP contribution in [0.25, 0.3) is 0 Å². The van der Waals surface area contributed by atoms with Crippen molar-refractivity contribution in [1.82, 2.24) is 10.6 Å². The van der Waals surface area contributed by atoms with Gasteiger partial charge in [0.15, 0.2) is 11.5 Å². The van der Waals surface area contributed by atoms with E-state index in [4.69, 9.17) is 9.47 Å². The molecule has 7 nitrogen and oxygen atoms in total. The van der Waals surface area contributed by atoms with Gasteiger partial charge in [-0.25, -0.2) is 4.79 Å². The second-order valence-electron chi connectivity index (χ2n) is 6.89. The number of carbonyl (C=O) groups is 1. The van der Waals surface area contributed by atoms with E-state index in [1.54, 1.807) is 0 Å². The molecule has 150 valence electrons. The number of phenols is 1. The lowest BCUT2D eigenvalue weighted by molar-refractivity contribution is 0.137. The number of ether oxygens (including phenoxy) is 2. The van der Waals surface area contributed by atoms with Crippen LogP contribution < -0.4 is 15.4 Å². The number of carbonyl (C=O) groups excluding carboxylic acids is 1. The predicted molar refractivity (Wildman–Crippen MR) is 104 cm³/mol. The van der Waals surface area contributed by atoms with Gasteiger partial charge >= 0.3 is 6.09 Å². The molecule has 0 saturated heterocycles. The van der Waals surface area contributed by atoms with E-state index in [0.717, 1.165) is 16.7 Å². The van der Waals surface area contributed by atoms with Crippen LogP contribution in [0.4, 0.5) is 4.79 Å². The summed E-state index contributed by atoms with van der Waals surface area (Å²) in [7, 11) is 1.51. The topological polar surface area (TPSA) is 100 Å². The highest BCUT2D eigenvalue weighted by atomic mass is 16.5. The lowest BCUT2D eigenvalue weighted by atomic mass is 9.87. The molecule has 0 spiro atoms. The summed E-state index contributed by atoms with van der Waals surface area (Å²) in [4.78, 5) is 12.1. The van der Waals surface area contributed by atoms with Crippen molar-refractivity contribution in [3.63, 3.8) is 0 Å². The second kappa shape index (κ2) is 8.95. The smallest absolute Gasteiger partial charge is 0.407 e. The average Bonchev–Trinajstić information content (AvgIpc) is 2.71. The number of aliphatic hydroxyl groups is 1. The number of rotatable bonds is 6. The summed E-state index contributed by atoms with van der Waals surface area (Å²) < 4.78 is 10.6. The molecule has 3 rings (SSSR count). The van der Waals surface area contributed by atoms with Crippen LogP contribution in [0.15, 0.2) is 36.4 Å². The summed E-state index contributed by atoms with van der Waals surface area (Å²) in [5.74, 6) is 0.477. The first-order valence-corrected chi connectivity index (χ1v) is 9.24. The van der Waals surface area contributed by atoms with E-state index >= 15 is 0 Å². The van der Waals surface area contributed by atoms with Crippen LogP contribution in [0.1, 0.15) is 28.3 Å². The van der Waals surface area contributed by atoms with Crippen LogP contribution in [-0.4, -0.2) is 42.6 Å². The highest BCUT2D eigenvalue weighted by Gasteiger charge is 2.31. The van der Waals surface area contributed by atoms with Crippen LogP contribution in [0.2, 0.25) is 0 Å². The van der Waals surface area contributed by atoms with Gasteiger partial charge in [-0.2, -0.15) is 0 Å². The van der Waals surface area contributed by atoms with E-state index in [1.807, 2.05) is 43.3 Å². The quantitative estimate of drug-likeness (QED) is 0.607. The van der Waals surface area contributed by atoms with Gasteiger partial charge in [-0.3, -0.25) is 0 Å². The first kappa shape index (κ1) is 20.0. The minimum absolute atomic E-state index is 0.0414. The fourth-order valence-electron chi connectivity index (χ4n) is 3.61. The highest BCUT2D eigenvalue weighted by molar-refractivity contribution is 5.67. The van der Waals surface area contributed by atoms with Crippen LogP contribution >= 0.6 is 0 Å². The van der Waals surface area contributed by atoms with E-state index in [0.29, 0.717) is 17.7 Å². The van der Waals surface area contributed by atoms with Crippen molar-refractivity contribution in [2.75, 3.05) is 20.3 Å². The third kappa shape index (κ3) is 4.37. The lowest BCUT2D eigenvalue weighted by Crippen LogP contribution is -2.46.